The van der Waals surface area contributed by atoms with Crippen molar-refractivity contribution >= 4 is 16.5 Å². The predicted molar refractivity (Wildman–Crippen MR) is 80.9 cm³/mol. The highest BCUT2D eigenvalue weighted by Crippen LogP contribution is 2.32. The molecule has 3 heterocycles. The van der Waals surface area contributed by atoms with Gasteiger partial charge >= 0.3 is 12.4 Å². The van der Waals surface area contributed by atoms with Gasteiger partial charge in [0.2, 0.25) is 5.13 Å². The van der Waals surface area contributed by atoms with E-state index in [2.05, 4.69) is 15.0 Å². The number of aromatic nitrogens is 3. The minimum Gasteiger partial charge on any atom is -0.300 e. The van der Waals surface area contributed by atoms with Crippen molar-refractivity contribution < 1.29 is 26.3 Å². The summed E-state index contributed by atoms with van der Waals surface area (Å²) in [6.45, 7) is 0. The first-order chi connectivity index (χ1) is 12.1. The van der Waals surface area contributed by atoms with E-state index in [0.717, 1.165) is 17.6 Å². The lowest BCUT2D eigenvalue weighted by molar-refractivity contribution is -0.141. The zero-order valence-electron chi connectivity index (χ0n) is 12.6. The van der Waals surface area contributed by atoms with Gasteiger partial charge in [-0.05, 0) is 24.3 Å². The molecule has 0 saturated heterocycles. The Labute approximate surface area is 146 Å². The molecule has 0 N–H and O–H groups in total. The molecule has 0 radical (unpaired) electrons. The van der Waals surface area contributed by atoms with Crippen molar-refractivity contribution in [2.75, 3.05) is 0 Å². The van der Waals surface area contributed by atoms with Crippen molar-refractivity contribution in [1.82, 2.24) is 14.5 Å². The van der Waals surface area contributed by atoms with Crippen molar-refractivity contribution in [3.8, 4) is 5.69 Å². The second kappa shape index (κ2) is 6.56. The van der Waals surface area contributed by atoms with Gasteiger partial charge in [0, 0.05) is 11.6 Å². The first kappa shape index (κ1) is 18.1. The van der Waals surface area contributed by atoms with E-state index < -0.39 is 23.7 Å². The van der Waals surface area contributed by atoms with Crippen LogP contribution in [0.1, 0.15) is 11.4 Å². The second-order valence-electron chi connectivity index (χ2n) is 4.95. The number of pyridine rings is 2. The summed E-state index contributed by atoms with van der Waals surface area (Å²) in [6.07, 6.45) is -6.64. The van der Waals surface area contributed by atoms with Crippen molar-refractivity contribution in [2.24, 2.45) is 4.99 Å². The van der Waals surface area contributed by atoms with Crippen LogP contribution in [0.2, 0.25) is 0 Å². The number of hydrogen-bond acceptors (Lipinski definition) is 4. The summed E-state index contributed by atoms with van der Waals surface area (Å²) in [6, 6.07) is 6.68. The van der Waals surface area contributed by atoms with Gasteiger partial charge < -0.3 is 4.57 Å². The molecule has 0 unspecified atom stereocenters. The normalized spacial score (nSPS) is 13.2. The van der Waals surface area contributed by atoms with E-state index >= 15 is 0 Å². The molecule has 136 valence electrons. The lowest BCUT2D eigenvalue weighted by atomic mass is 10.3. The molecule has 0 aliphatic rings. The van der Waals surface area contributed by atoms with E-state index in [9.17, 15) is 26.3 Å². The number of alkyl halides is 6. The Morgan fingerprint density at radius 2 is 1.65 bits per heavy atom. The molecule has 0 amide bonds. The number of thiazole rings is 1. The molecular formula is C15H8F6N4S. The summed E-state index contributed by atoms with van der Waals surface area (Å²) in [7, 11) is 0. The van der Waals surface area contributed by atoms with Crippen LogP contribution in [0.4, 0.5) is 31.5 Å². The van der Waals surface area contributed by atoms with E-state index in [1.807, 2.05) is 0 Å². The highest BCUT2D eigenvalue weighted by atomic mass is 32.1. The van der Waals surface area contributed by atoms with Gasteiger partial charge in [-0.15, -0.1) is 11.3 Å². The van der Waals surface area contributed by atoms with Crippen LogP contribution in [-0.4, -0.2) is 14.5 Å². The zero-order chi connectivity index (χ0) is 18.9. The van der Waals surface area contributed by atoms with Gasteiger partial charge in [-0.3, -0.25) is 0 Å². The summed E-state index contributed by atoms with van der Waals surface area (Å²) in [5.74, 6) is 0. The summed E-state index contributed by atoms with van der Waals surface area (Å²) in [5, 5.41) is 0.711. The Bertz CT molecular complexity index is 969. The fourth-order valence-electron chi connectivity index (χ4n) is 1.98. The fourth-order valence-corrected chi connectivity index (χ4v) is 2.68. The Hall–Kier alpha value is -2.69. The third kappa shape index (κ3) is 3.93. The molecule has 0 aliphatic carbocycles. The van der Waals surface area contributed by atoms with Crippen LogP contribution in [0, 0.1) is 0 Å². The molecule has 0 aliphatic heterocycles. The Morgan fingerprint density at radius 3 is 2.23 bits per heavy atom. The van der Waals surface area contributed by atoms with Gasteiger partial charge in [-0.25, -0.2) is 15.0 Å². The predicted octanol–water partition coefficient (Wildman–Crippen LogP) is 4.60. The monoisotopic (exact) mass is 390 g/mol. The van der Waals surface area contributed by atoms with E-state index in [0.29, 0.717) is 11.3 Å². The molecule has 4 nitrogen and oxygen atoms in total. The highest BCUT2D eigenvalue weighted by Gasteiger charge is 2.34. The molecule has 3 aromatic rings. The Morgan fingerprint density at radius 1 is 0.923 bits per heavy atom. The topological polar surface area (TPSA) is 43.1 Å². The maximum atomic E-state index is 12.6. The first-order valence-electron chi connectivity index (χ1n) is 6.93. The molecule has 0 spiro atoms. The minimum absolute atomic E-state index is 0.128. The van der Waals surface area contributed by atoms with Crippen LogP contribution in [0.3, 0.4) is 0 Å². The van der Waals surface area contributed by atoms with Gasteiger partial charge in [-0.1, -0.05) is 6.07 Å². The summed E-state index contributed by atoms with van der Waals surface area (Å²) >= 11 is 0.705. The Balaban J connectivity index is 2.02. The summed E-state index contributed by atoms with van der Waals surface area (Å²) < 4.78 is 77.0. The van der Waals surface area contributed by atoms with Crippen LogP contribution in [0.15, 0.2) is 53.1 Å². The number of nitrogens with zero attached hydrogens (tertiary/aromatic N) is 4. The zero-order valence-corrected chi connectivity index (χ0v) is 13.4. The maximum absolute atomic E-state index is 12.6. The number of halogens is 6. The van der Waals surface area contributed by atoms with Gasteiger partial charge in [0.15, 0.2) is 5.69 Å². The lowest BCUT2D eigenvalue weighted by Gasteiger charge is -2.09. The molecular weight excluding hydrogens is 382 g/mol. The smallest absolute Gasteiger partial charge is 0.300 e. The third-order valence-corrected chi connectivity index (χ3v) is 3.88. The van der Waals surface area contributed by atoms with Crippen molar-refractivity contribution in [3.63, 3.8) is 0 Å². The second-order valence-corrected chi connectivity index (χ2v) is 5.79. The highest BCUT2D eigenvalue weighted by molar-refractivity contribution is 7.13. The fraction of sp³-hybridized carbons (Fsp3) is 0.133. The maximum Gasteiger partial charge on any atom is 0.434 e. The largest absolute Gasteiger partial charge is 0.434 e. The van der Waals surface area contributed by atoms with Crippen molar-refractivity contribution in [1.29, 1.82) is 0 Å². The van der Waals surface area contributed by atoms with Gasteiger partial charge in [0.1, 0.15) is 11.2 Å². The average Bonchev–Trinajstić information content (AvgIpc) is 3.04. The average molecular weight is 390 g/mol. The van der Waals surface area contributed by atoms with Crippen LogP contribution in [0.25, 0.3) is 5.69 Å². The molecule has 0 fully saturated rings. The first-order valence-corrected chi connectivity index (χ1v) is 7.81. The van der Waals surface area contributed by atoms with Crippen LogP contribution >= 0.6 is 11.3 Å². The Kier molecular flexibility index (Phi) is 4.57. The van der Waals surface area contributed by atoms with Crippen LogP contribution in [-0.2, 0) is 12.4 Å². The molecule has 0 saturated carbocycles. The standard InChI is InChI=1S/C15H8F6N4S/c16-14(17,18)10-5-4-9(7-22-10)25-6-2-1-3-12(25)24-13-23-11(8-26-13)15(19,20)21/h1-8H/b24-12+. The molecule has 0 atom stereocenters. The van der Waals surface area contributed by atoms with Gasteiger partial charge in [-0.2, -0.15) is 26.3 Å². The summed E-state index contributed by atoms with van der Waals surface area (Å²) in [4.78, 5) is 10.8. The lowest BCUT2D eigenvalue weighted by Crippen LogP contribution is -2.18. The third-order valence-electron chi connectivity index (χ3n) is 3.15. The van der Waals surface area contributed by atoms with Gasteiger partial charge in [0.05, 0.1) is 11.9 Å². The van der Waals surface area contributed by atoms with Gasteiger partial charge in [0.25, 0.3) is 0 Å². The SMILES string of the molecule is FC(F)(F)c1ccc(-n2cccc/c2=N\c2nc(C(F)(F)F)cs2)cn1. The molecule has 11 heteroatoms. The molecule has 26 heavy (non-hydrogen) atoms. The molecule has 0 bridgehead atoms. The van der Waals surface area contributed by atoms with E-state index in [-0.39, 0.29) is 16.3 Å². The van der Waals surface area contributed by atoms with E-state index in [1.165, 1.54) is 22.9 Å². The van der Waals surface area contributed by atoms with Crippen molar-refractivity contribution in [2.45, 2.75) is 12.4 Å². The summed E-state index contributed by atoms with van der Waals surface area (Å²) in [5.41, 5.74) is -1.65. The molecule has 0 aromatic carbocycles. The van der Waals surface area contributed by atoms with E-state index in [4.69, 9.17) is 0 Å². The minimum atomic E-state index is -4.58. The van der Waals surface area contributed by atoms with E-state index in [1.54, 1.807) is 12.1 Å². The van der Waals surface area contributed by atoms with Crippen molar-refractivity contribution in [3.05, 3.63) is 65.0 Å². The van der Waals surface area contributed by atoms with Crippen LogP contribution < -0.4 is 5.49 Å². The molecule has 3 aromatic heterocycles. The number of hydrogen-bond donors (Lipinski definition) is 0. The number of rotatable bonds is 2. The van der Waals surface area contributed by atoms with Crippen LogP contribution in [0.5, 0.6) is 0 Å². The molecule has 3 rings (SSSR count). The quantitative estimate of drug-likeness (QED) is 0.601.